The van der Waals surface area contributed by atoms with Gasteiger partial charge in [-0.1, -0.05) is 27.7 Å². The molecule has 21 heavy (non-hydrogen) atoms. The third-order valence-electron chi connectivity index (χ3n) is 4.40. The maximum Gasteiger partial charge on any atom is 0.191 e. The summed E-state index contributed by atoms with van der Waals surface area (Å²) in [6, 6.07) is 0.440. The molecule has 2 aliphatic heterocycles. The number of fused-ring (bicyclic) bond motifs is 2. The summed E-state index contributed by atoms with van der Waals surface area (Å²) in [4.78, 5) is 4.82. The van der Waals surface area contributed by atoms with Crippen LogP contribution in [0.4, 0.5) is 0 Å². The van der Waals surface area contributed by atoms with Crippen LogP contribution in [0.15, 0.2) is 4.99 Å². The first-order chi connectivity index (χ1) is 9.89. The zero-order valence-electron chi connectivity index (χ0n) is 14.4. The minimum Gasteiger partial charge on any atom is -0.373 e. The van der Waals surface area contributed by atoms with Crippen molar-refractivity contribution in [2.45, 2.75) is 78.6 Å². The molecule has 2 aliphatic rings. The highest BCUT2D eigenvalue weighted by Crippen LogP contribution is 2.34. The smallest absolute Gasteiger partial charge is 0.191 e. The van der Waals surface area contributed by atoms with E-state index in [1.165, 1.54) is 19.3 Å². The van der Waals surface area contributed by atoms with Crippen LogP contribution in [0.3, 0.4) is 0 Å². The molecule has 3 atom stereocenters. The van der Waals surface area contributed by atoms with Crippen molar-refractivity contribution >= 4 is 5.96 Å². The molecule has 0 spiro atoms. The molecule has 0 aliphatic carbocycles. The maximum atomic E-state index is 5.92. The molecular weight excluding hydrogens is 262 g/mol. The summed E-state index contributed by atoms with van der Waals surface area (Å²) in [5.74, 6) is 1.67. The fourth-order valence-electron chi connectivity index (χ4n) is 3.75. The Hall–Kier alpha value is -0.770. The van der Waals surface area contributed by atoms with Gasteiger partial charge in [0.05, 0.1) is 18.2 Å². The minimum atomic E-state index is 0.252. The second-order valence-corrected chi connectivity index (χ2v) is 7.82. The Morgan fingerprint density at radius 2 is 2.10 bits per heavy atom. The Kier molecular flexibility index (Phi) is 5.53. The highest BCUT2D eigenvalue weighted by atomic mass is 16.5. The fraction of sp³-hybridized carbons (Fsp3) is 0.941. The van der Waals surface area contributed by atoms with Crippen LogP contribution in [0.2, 0.25) is 0 Å². The Morgan fingerprint density at radius 1 is 1.33 bits per heavy atom. The molecule has 0 aromatic carbocycles. The van der Waals surface area contributed by atoms with Crippen molar-refractivity contribution in [3.8, 4) is 0 Å². The summed E-state index contributed by atoms with van der Waals surface area (Å²) in [6.45, 7) is 13.1. The number of nitrogens with one attached hydrogen (secondary N) is 2. The Labute approximate surface area is 130 Å². The lowest BCUT2D eigenvalue weighted by Crippen LogP contribution is -2.47. The minimum absolute atomic E-state index is 0.252. The molecule has 2 bridgehead atoms. The third kappa shape index (κ3) is 4.87. The summed E-state index contributed by atoms with van der Waals surface area (Å²) in [5, 5.41) is 6.97. The summed E-state index contributed by atoms with van der Waals surface area (Å²) < 4.78 is 5.92. The lowest BCUT2D eigenvalue weighted by Gasteiger charge is -2.26. The van der Waals surface area contributed by atoms with Crippen molar-refractivity contribution in [3.05, 3.63) is 0 Å². The van der Waals surface area contributed by atoms with Crippen molar-refractivity contribution in [2.24, 2.45) is 16.3 Å². The van der Waals surface area contributed by atoms with Gasteiger partial charge in [-0.2, -0.15) is 0 Å². The van der Waals surface area contributed by atoms with Crippen molar-refractivity contribution < 1.29 is 4.74 Å². The van der Waals surface area contributed by atoms with Crippen LogP contribution in [-0.2, 0) is 4.74 Å². The molecule has 0 aromatic rings. The molecular formula is C17H33N3O. The molecule has 0 radical (unpaired) electrons. The molecule has 3 unspecified atom stereocenters. The van der Waals surface area contributed by atoms with Gasteiger partial charge in [0.25, 0.3) is 0 Å². The fourth-order valence-corrected chi connectivity index (χ4v) is 3.75. The van der Waals surface area contributed by atoms with Crippen molar-refractivity contribution in [3.63, 3.8) is 0 Å². The van der Waals surface area contributed by atoms with Crippen molar-refractivity contribution in [1.29, 1.82) is 0 Å². The van der Waals surface area contributed by atoms with Gasteiger partial charge in [0.15, 0.2) is 5.96 Å². The topological polar surface area (TPSA) is 45.7 Å². The number of nitrogens with zero attached hydrogens (tertiary/aromatic N) is 1. The molecule has 2 fully saturated rings. The average molecular weight is 295 g/mol. The van der Waals surface area contributed by atoms with E-state index < -0.39 is 0 Å². The summed E-state index contributed by atoms with van der Waals surface area (Å²) in [7, 11) is 0. The van der Waals surface area contributed by atoms with Crippen LogP contribution in [0.5, 0.6) is 0 Å². The van der Waals surface area contributed by atoms with Gasteiger partial charge in [-0.3, -0.25) is 4.99 Å². The zero-order valence-corrected chi connectivity index (χ0v) is 14.4. The second-order valence-electron chi connectivity index (χ2n) is 7.82. The van der Waals surface area contributed by atoms with E-state index in [9.17, 15) is 0 Å². The normalized spacial score (nSPS) is 29.2. The van der Waals surface area contributed by atoms with E-state index in [0.717, 1.165) is 25.5 Å². The summed E-state index contributed by atoms with van der Waals surface area (Å²) >= 11 is 0. The molecule has 2 heterocycles. The number of rotatable bonds is 6. The maximum absolute atomic E-state index is 5.92. The number of guanidine groups is 1. The monoisotopic (exact) mass is 295 g/mol. The zero-order chi connectivity index (χ0) is 15.5. The number of hydrogen-bond donors (Lipinski definition) is 2. The molecule has 2 N–H and O–H groups in total. The Bertz CT molecular complexity index is 365. The SMILES string of the molecule is CCNC(=NCC(C)(C)CC(C)C)NC1CC2CCC1O2. The van der Waals surface area contributed by atoms with E-state index >= 15 is 0 Å². The van der Waals surface area contributed by atoms with Gasteiger partial charge in [0, 0.05) is 13.1 Å². The van der Waals surface area contributed by atoms with Crippen molar-refractivity contribution in [1.82, 2.24) is 10.6 Å². The van der Waals surface area contributed by atoms with E-state index in [1.54, 1.807) is 0 Å². The third-order valence-corrected chi connectivity index (χ3v) is 4.40. The van der Waals surface area contributed by atoms with Crippen molar-refractivity contribution in [2.75, 3.05) is 13.1 Å². The van der Waals surface area contributed by atoms with E-state index in [2.05, 4.69) is 45.3 Å². The molecule has 2 rings (SSSR count). The number of ether oxygens (including phenoxy) is 1. The largest absolute Gasteiger partial charge is 0.373 e. The van der Waals surface area contributed by atoms with Gasteiger partial charge >= 0.3 is 0 Å². The first-order valence-corrected chi connectivity index (χ1v) is 8.60. The van der Waals surface area contributed by atoms with Gasteiger partial charge < -0.3 is 15.4 Å². The van der Waals surface area contributed by atoms with Crippen LogP contribution in [0.1, 0.15) is 60.3 Å². The standard InChI is InChI=1S/C17H33N3O/c1-6-18-16(19-11-17(4,5)10-12(2)3)20-14-9-13-7-8-15(14)21-13/h12-15H,6-11H2,1-5H3,(H2,18,19,20). The average Bonchev–Trinajstić information content (AvgIpc) is 2.97. The number of hydrogen-bond acceptors (Lipinski definition) is 2. The Balaban J connectivity index is 1.90. The lowest BCUT2D eigenvalue weighted by molar-refractivity contribution is 0.0992. The number of aliphatic imine (C=N–C) groups is 1. The molecule has 2 saturated heterocycles. The first-order valence-electron chi connectivity index (χ1n) is 8.60. The molecule has 4 nitrogen and oxygen atoms in total. The lowest BCUT2D eigenvalue weighted by atomic mass is 9.84. The molecule has 122 valence electrons. The van der Waals surface area contributed by atoms with Gasteiger partial charge in [-0.05, 0) is 43.9 Å². The highest BCUT2D eigenvalue weighted by Gasteiger charge is 2.41. The molecule has 4 heteroatoms. The van der Waals surface area contributed by atoms with E-state index in [4.69, 9.17) is 9.73 Å². The van der Waals surface area contributed by atoms with Gasteiger partial charge in [-0.25, -0.2) is 0 Å². The second kappa shape index (κ2) is 6.99. The van der Waals surface area contributed by atoms with E-state index in [-0.39, 0.29) is 5.41 Å². The summed E-state index contributed by atoms with van der Waals surface area (Å²) in [6.07, 6.45) is 5.63. The quantitative estimate of drug-likeness (QED) is 0.585. The van der Waals surface area contributed by atoms with Gasteiger partial charge in [-0.15, -0.1) is 0 Å². The van der Waals surface area contributed by atoms with E-state index in [0.29, 0.717) is 24.2 Å². The van der Waals surface area contributed by atoms with Gasteiger partial charge in [0.1, 0.15) is 0 Å². The van der Waals surface area contributed by atoms with Crippen LogP contribution < -0.4 is 10.6 Å². The van der Waals surface area contributed by atoms with Crippen LogP contribution in [0, 0.1) is 11.3 Å². The summed E-state index contributed by atoms with van der Waals surface area (Å²) in [5.41, 5.74) is 0.252. The Morgan fingerprint density at radius 3 is 2.62 bits per heavy atom. The van der Waals surface area contributed by atoms with E-state index in [1.807, 2.05) is 0 Å². The van der Waals surface area contributed by atoms with Crippen LogP contribution in [0.25, 0.3) is 0 Å². The predicted molar refractivity (Wildman–Crippen MR) is 88.7 cm³/mol. The predicted octanol–water partition coefficient (Wildman–Crippen LogP) is 2.93. The molecule has 0 aromatic heterocycles. The highest BCUT2D eigenvalue weighted by molar-refractivity contribution is 5.80. The first kappa shape index (κ1) is 16.6. The van der Waals surface area contributed by atoms with Gasteiger partial charge in [0.2, 0.25) is 0 Å². The molecule has 0 amide bonds. The van der Waals surface area contributed by atoms with Crippen LogP contribution in [-0.4, -0.2) is 37.3 Å². The van der Waals surface area contributed by atoms with Crippen LogP contribution >= 0.6 is 0 Å². The molecule has 0 saturated carbocycles.